The first-order valence-electron chi connectivity index (χ1n) is 9.52. The zero-order valence-electron chi connectivity index (χ0n) is 16.7. The minimum Gasteiger partial charge on any atom is -0.497 e. The van der Waals surface area contributed by atoms with Crippen molar-refractivity contribution in [1.82, 2.24) is 15.0 Å². The van der Waals surface area contributed by atoms with Crippen LogP contribution in [0.3, 0.4) is 0 Å². The summed E-state index contributed by atoms with van der Waals surface area (Å²) in [5, 5.41) is 4.01. The van der Waals surface area contributed by atoms with Crippen LogP contribution in [0.2, 0.25) is 0 Å². The molecule has 1 aliphatic heterocycles. The SMILES string of the molecule is COc1cccc(C(=O)N2CCO[C@H](c3cccc(-c4c(C)noc4C)n3)C2)c1. The van der Waals surface area contributed by atoms with Crippen molar-refractivity contribution in [1.29, 1.82) is 0 Å². The van der Waals surface area contributed by atoms with Crippen LogP contribution in [-0.2, 0) is 4.74 Å². The molecule has 0 aliphatic carbocycles. The normalized spacial score (nSPS) is 16.7. The van der Waals surface area contributed by atoms with E-state index in [-0.39, 0.29) is 12.0 Å². The van der Waals surface area contributed by atoms with Gasteiger partial charge in [-0.05, 0) is 44.2 Å². The third-order valence-electron chi connectivity index (χ3n) is 5.06. The Hall–Kier alpha value is -3.19. The number of amides is 1. The van der Waals surface area contributed by atoms with E-state index in [9.17, 15) is 4.79 Å². The zero-order chi connectivity index (χ0) is 20.4. The number of hydrogen-bond acceptors (Lipinski definition) is 6. The number of aryl methyl sites for hydroxylation is 2. The van der Waals surface area contributed by atoms with Crippen molar-refractivity contribution in [3.05, 3.63) is 65.2 Å². The highest BCUT2D eigenvalue weighted by molar-refractivity contribution is 5.94. The van der Waals surface area contributed by atoms with E-state index < -0.39 is 0 Å². The van der Waals surface area contributed by atoms with E-state index in [4.69, 9.17) is 19.0 Å². The van der Waals surface area contributed by atoms with Gasteiger partial charge < -0.3 is 18.9 Å². The van der Waals surface area contributed by atoms with Crippen molar-refractivity contribution >= 4 is 5.91 Å². The van der Waals surface area contributed by atoms with Crippen LogP contribution in [-0.4, -0.2) is 47.8 Å². The summed E-state index contributed by atoms with van der Waals surface area (Å²) < 4.78 is 16.4. The molecular weight excluding hydrogens is 370 g/mol. The Morgan fingerprint density at radius 2 is 2.03 bits per heavy atom. The summed E-state index contributed by atoms with van der Waals surface area (Å²) in [6.07, 6.45) is -0.293. The van der Waals surface area contributed by atoms with Gasteiger partial charge in [-0.2, -0.15) is 0 Å². The third kappa shape index (κ3) is 3.86. The van der Waals surface area contributed by atoms with Gasteiger partial charge in [0.05, 0.1) is 42.9 Å². The molecule has 7 heteroatoms. The Bertz CT molecular complexity index is 1010. The first-order chi connectivity index (χ1) is 14.1. The summed E-state index contributed by atoms with van der Waals surface area (Å²) in [4.78, 5) is 19.5. The molecule has 1 saturated heterocycles. The van der Waals surface area contributed by atoms with E-state index in [0.717, 1.165) is 28.4 Å². The number of carbonyl (C=O) groups excluding carboxylic acids is 1. The number of ether oxygens (including phenoxy) is 2. The number of rotatable bonds is 4. The summed E-state index contributed by atoms with van der Waals surface area (Å²) in [6.45, 7) is 5.20. The highest BCUT2D eigenvalue weighted by Crippen LogP contribution is 2.28. The maximum absolute atomic E-state index is 13.0. The number of morpholine rings is 1. The monoisotopic (exact) mass is 393 g/mol. The lowest BCUT2D eigenvalue weighted by atomic mass is 10.1. The Morgan fingerprint density at radius 3 is 2.79 bits per heavy atom. The van der Waals surface area contributed by atoms with Gasteiger partial charge in [0, 0.05) is 12.1 Å². The Balaban J connectivity index is 1.56. The highest BCUT2D eigenvalue weighted by Gasteiger charge is 2.27. The Morgan fingerprint density at radius 1 is 1.21 bits per heavy atom. The maximum Gasteiger partial charge on any atom is 0.254 e. The lowest BCUT2D eigenvalue weighted by Gasteiger charge is -2.33. The van der Waals surface area contributed by atoms with Gasteiger partial charge in [0.25, 0.3) is 5.91 Å². The van der Waals surface area contributed by atoms with Crippen molar-refractivity contribution in [3.63, 3.8) is 0 Å². The van der Waals surface area contributed by atoms with Crippen LogP contribution >= 0.6 is 0 Å². The van der Waals surface area contributed by atoms with Crippen LogP contribution in [0, 0.1) is 13.8 Å². The van der Waals surface area contributed by atoms with Gasteiger partial charge in [0.1, 0.15) is 17.6 Å². The van der Waals surface area contributed by atoms with Gasteiger partial charge in [-0.15, -0.1) is 0 Å². The largest absolute Gasteiger partial charge is 0.497 e. The molecule has 0 spiro atoms. The summed E-state index contributed by atoms with van der Waals surface area (Å²) in [7, 11) is 1.59. The highest BCUT2D eigenvalue weighted by atomic mass is 16.5. The second kappa shape index (κ2) is 8.05. The lowest BCUT2D eigenvalue weighted by molar-refractivity contribution is -0.0246. The second-order valence-electron chi connectivity index (χ2n) is 6.99. The first-order valence-corrected chi connectivity index (χ1v) is 9.52. The summed E-state index contributed by atoms with van der Waals surface area (Å²) in [5.41, 5.74) is 3.87. The number of pyridine rings is 1. The fourth-order valence-corrected chi connectivity index (χ4v) is 3.57. The van der Waals surface area contributed by atoms with Gasteiger partial charge in [-0.1, -0.05) is 17.3 Å². The van der Waals surface area contributed by atoms with Crippen molar-refractivity contribution in [3.8, 4) is 17.0 Å². The molecule has 1 fully saturated rings. The number of methoxy groups -OCH3 is 1. The van der Waals surface area contributed by atoms with E-state index in [0.29, 0.717) is 31.0 Å². The van der Waals surface area contributed by atoms with Gasteiger partial charge in [0.2, 0.25) is 0 Å². The van der Waals surface area contributed by atoms with Crippen LogP contribution in [0.25, 0.3) is 11.3 Å². The van der Waals surface area contributed by atoms with E-state index in [1.54, 1.807) is 24.1 Å². The molecule has 0 N–H and O–H groups in total. The van der Waals surface area contributed by atoms with Gasteiger partial charge >= 0.3 is 0 Å². The number of carbonyl (C=O) groups is 1. The summed E-state index contributed by atoms with van der Waals surface area (Å²) in [6, 6.07) is 13.0. The topological polar surface area (TPSA) is 77.7 Å². The van der Waals surface area contributed by atoms with E-state index in [2.05, 4.69) is 5.16 Å². The third-order valence-corrected chi connectivity index (χ3v) is 5.06. The van der Waals surface area contributed by atoms with Crippen LogP contribution < -0.4 is 4.74 Å². The second-order valence-corrected chi connectivity index (χ2v) is 6.99. The van der Waals surface area contributed by atoms with E-state index in [1.807, 2.05) is 44.2 Å². The minimum absolute atomic E-state index is 0.0425. The van der Waals surface area contributed by atoms with Crippen molar-refractivity contribution in [2.24, 2.45) is 0 Å². The van der Waals surface area contributed by atoms with Crippen molar-refractivity contribution in [2.45, 2.75) is 20.0 Å². The Labute approximate surface area is 169 Å². The molecule has 3 heterocycles. The molecule has 4 rings (SSSR count). The maximum atomic E-state index is 13.0. The summed E-state index contributed by atoms with van der Waals surface area (Å²) >= 11 is 0. The number of aromatic nitrogens is 2. The molecule has 150 valence electrons. The van der Waals surface area contributed by atoms with Gasteiger partial charge in [0.15, 0.2) is 0 Å². The van der Waals surface area contributed by atoms with Gasteiger partial charge in [-0.25, -0.2) is 4.98 Å². The molecule has 2 aromatic heterocycles. The van der Waals surface area contributed by atoms with E-state index >= 15 is 0 Å². The molecule has 0 unspecified atom stereocenters. The molecule has 0 saturated carbocycles. The van der Waals surface area contributed by atoms with Crippen LogP contribution in [0.4, 0.5) is 0 Å². The average molecular weight is 393 g/mol. The predicted octanol–water partition coefficient (Wildman–Crippen LogP) is 3.58. The molecule has 1 aliphatic rings. The minimum atomic E-state index is -0.293. The van der Waals surface area contributed by atoms with Crippen LogP contribution in [0.5, 0.6) is 5.75 Å². The molecule has 1 amide bonds. The molecule has 0 bridgehead atoms. The predicted molar refractivity (Wildman–Crippen MR) is 107 cm³/mol. The molecule has 1 aromatic carbocycles. The smallest absolute Gasteiger partial charge is 0.254 e. The van der Waals surface area contributed by atoms with Crippen LogP contribution in [0.15, 0.2) is 47.0 Å². The van der Waals surface area contributed by atoms with Crippen molar-refractivity contribution < 1.29 is 18.8 Å². The molecular formula is C22H23N3O4. The van der Waals surface area contributed by atoms with Crippen molar-refractivity contribution in [2.75, 3.05) is 26.8 Å². The summed E-state index contributed by atoms with van der Waals surface area (Å²) in [5.74, 6) is 1.35. The van der Waals surface area contributed by atoms with Crippen LogP contribution in [0.1, 0.15) is 33.6 Å². The number of nitrogens with zero attached hydrogens (tertiary/aromatic N) is 3. The fraction of sp³-hybridized carbons (Fsp3) is 0.318. The lowest BCUT2D eigenvalue weighted by Crippen LogP contribution is -2.42. The molecule has 1 atom stereocenters. The Kier molecular flexibility index (Phi) is 5.31. The first kappa shape index (κ1) is 19.1. The average Bonchev–Trinajstić information content (AvgIpc) is 3.11. The molecule has 7 nitrogen and oxygen atoms in total. The molecule has 29 heavy (non-hydrogen) atoms. The number of hydrogen-bond donors (Lipinski definition) is 0. The molecule has 0 radical (unpaired) electrons. The van der Waals surface area contributed by atoms with Gasteiger partial charge in [-0.3, -0.25) is 4.79 Å². The zero-order valence-corrected chi connectivity index (χ0v) is 16.7. The van der Waals surface area contributed by atoms with E-state index in [1.165, 1.54) is 0 Å². The fourth-order valence-electron chi connectivity index (χ4n) is 3.57. The quantitative estimate of drug-likeness (QED) is 0.674. The standard InChI is InChI=1S/C22H23N3O4/c1-14-21(15(2)29-24-14)19-9-5-8-18(23-19)20-13-25(10-11-28-20)22(26)16-6-4-7-17(12-16)27-3/h4-9,12,20H,10-11,13H2,1-3H3/t20-/m0/s1. The molecule has 3 aromatic rings. The number of benzene rings is 1.